The molecule has 0 aromatic heterocycles. The van der Waals surface area contributed by atoms with Crippen molar-refractivity contribution in [2.24, 2.45) is 0 Å². The van der Waals surface area contributed by atoms with Crippen molar-refractivity contribution in [3.63, 3.8) is 0 Å². The minimum atomic E-state index is 0. The van der Waals surface area contributed by atoms with Crippen molar-refractivity contribution in [2.45, 2.75) is 12.8 Å². The van der Waals surface area contributed by atoms with Crippen LogP contribution in [-0.4, -0.2) is 0 Å². The molecule has 0 heterocycles. The van der Waals surface area contributed by atoms with E-state index in [0.29, 0.717) is 0 Å². The second kappa shape index (κ2) is 25.0. The van der Waals surface area contributed by atoms with Crippen LogP contribution in [0.25, 0.3) is 0 Å². The number of hydrogen-bond acceptors (Lipinski definition) is 0. The van der Waals surface area contributed by atoms with Gasteiger partial charge in [0.15, 0.2) is 0 Å². The molecule has 0 saturated heterocycles. The molecule has 1 aromatic carbocycles. The molecule has 0 aliphatic heterocycles. The Morgan fingerprint density at radius 2 is 1.50 bits per heavy atom. The Hall–Kier alpha value is -0.998. The van der Waals surface area contributed by atoms with Crippen LogP contribution < -0.4 is 0 Å². The van der Waals surface area contributed by atoms with E-state index in [1.54, 1.807) is 0 Å². The minimum Gasteiger partial charge on any atom is 0 e. The summed E-state index contributed by atoms with van der Waals surface area (Å²) in [6.45, 7) is 17.2. The molecule has 0 spiro atoms. The molecule has 94 valence electrons. The first kappa shape index (κ1) is 25.8. The van der Waals surface area contributed by atoms with Crippen molar-refractivity contribution in [2.75, 3.05) is 0 Å². The van der Waals surface area contributed by atoms with Gasteiger partial charge in [-0.1, -0.05) is 35.9 Å². The van der Waals surface area contributed by atoms with E-state index in [2.05, 4.69) is 26.5 Å². The summed E-state index contributed by atoms with van der Waals surface area (Å²) in [6.07, 6.45) is 3.89. The van der Waals surface area contributed by atoms with Crippen molar-refractivity contribution in [3.05, 3.63) is 67.5 Å². The third kappa shape index (κ3) is 15.0. The van der Waals surface area contributed by atoms with E-state index in [0.717, 1.165) is 17.9 Å². The van der Waals surface area contributed by atoms with Crippen molar-refractivity contribution >= 4 is 11.6 Å². The number of halogens is 1. The topological polar surface area (TPSA) is 59.7 Å². The van der Waals surface area contributed by atoms with Crippen LogP contribution in [0.2, 0.25) is 5.02 Å². The summed E-state index contributed by atoms with van der Waals surface area (Å²) in [5.41, 5.74) is 1.20. The average Bonchev–Trinajstić information content (AvgIpc) is 2.45. The second-order valence-corrected chi connectivity index (χ2v) is 2.83. The van der Waals surface area contributed by atoms with Crippen LogP contribution >= 0.6 is 11.6 Å². The largest absolute Gasteiger partial charge is 0 e. The van der Waals surface area contributed by atoms with Gasteiger partial charge in [-0.15, -0.1) is 6.58 Å². The molecule has 1 aromatic rings. The molecule has 0 fully saturated rings. The molecule has 0 N–H and O–H groups in total. The summed E-state index contributed by atoms with van der Waals surface area (Å²) in [7, 11) is 0. The van der Waals surface area contributed by atoms with Crippen LogP contribution in [0.3, 0.4) is 0 Å². The van der Waals surface area contributed by atoms with Gasteiger partial charge in [0, 0.05) is 22.4 Å². The van der Waals surface area contributed by atoms with Gasteiger partial charge in [0.25, 0.3) is 0 Å². The van der Waals surface area contributed by atoms with Crippen molar-refractivity contribution in [1.29, 1.82) is 0 Å². The predicted molar refractivity (Wildman–Crippen MR) is 61.8 cm³/mol. The number of aryl methyl sites for hydroxylation is 1. The average molecular weight is 303 g/mol. The van der Waals surface area contributed by atoms with Gasteiger partial charge in [0.2, 0.25) is 0 Å². The summed E-state index contributed by atoms with van der Waals surface area (Å²) in [5.74, 6) is 0. The zero-order valence-corrected chi connectivity index (χ0v) is 11.5. The molecule has 0 bridgehead atoms. The number of rotatable bonds is 3. The van der Waals surface area contributed by atoms with E-state index < -0.39 is 0 Å². The van der Waals surface area contributed by atoms with Crippen molar-refractivity contribution in [3.8, 4) is 0 Å². The molecular weight excluding hydrogens is 292 g/mol. The van der Waals surface area contributed by atoms with Gasteiger partial charge in [-0.05, 0) is 24.5 Å². The minimum absolute atomic E-state index is 0. The number of benzene rings is 1. The van der Waals surface area contributed by atoms with Crippen LogP contribution in [0.15, 0.2) is 36.9 Å². The van der Waals surface area contributed by atoms with Gasteiger partial charge in [0.1, 0.15) is 0 Å². The summed E-state index contributed by atoms with van der Waals surface area (Å²) in [6, 6.07) is 7.91. The molecule has 3 nitrogen and oxygen atoms in total. The fraction of sp³-hybridized carbons (Fsp3) is 0.154. The SMILES string of the molecule is C=CCCc1ccccc1Cl.[C-]#[O+].[C-]#[O+].[C-]#[O+].[Cr]. The quantitative estimate of drug-likeness (QED) is 0.467. The van der Waals surface area contributed by atoms with Crippen LogP contribution in [0.1, 0.15) is 12.0 Å². The Bertz CT molecular complexity index is 344. The van der Waals surface area contributed by atoms with E-state index in [-0.39, 0.29) is 17.4 Å². The van der Waals surface area contributed by atoms with E-state index in [4.69, 9.17) is 25.6 Å². The zero-order valence-electron chi connectivity index (χ0n) is 9.52. The summed E-state index contributed by atoms with van der Waals surface area (Å²) in [4.78, 5) is 0. The molecule has 1 rings (SSSR count). The van der Waals surface area contributed by atoms with E-state index in [1.807, 2.05) is 30.3 Å². The monoisotopic (exact) mass is 302 g/mol. The van der Waals surface area contributed by atoms with Crippen LogP contribution in [-0.2, 0) is 37.7 Å². The Kier molecular flexibility index (Phi) is 35.8. The van der Waals surface area contributed by atoms with Gasteiger partial charge in [-0.3, -0.25) is 0 Å². The number of hydrogen-bond donors (Lipinski definition) is 0. The first-order valence-electron chi connectivity index (χ1n) is 4.30. The molecule has 0 unspecified atom stereocenters. The van der Waals surface area contributed by atoms with Gasteiger partial charge in [-0.2, -0.15) is 0 Å². The molecular formula is C13H11ClCrO3. The second-order valence-electron chi connectivity index (χ2n) is 2.42. The van der Waals surface area contributed by atoms with Gasteiger partial charge < -0.3 is 0 Å². The fourth-order valence-electron chi connectivity index (χ4n) is 0.959. The van der Waals surface area contributed by atoms with Crippen molar-refractivity contribution in [1.82, 2.24) is 0 Å². The Balaban J connectivity index is -0.000000123. The van der Waals surface area contributed by atoms with Crippen LogP contribution in [0.5, 0.6) is 0 Å². The molecule has 18 heavy (non-hydrogen) atoms. The van der Waals surface area contributed by atoms with Gasteiger partial charge >= 0.3 is 33.9 Å². The fourth-order valence-corrected chi connectivity index (χ4v) is 1.19. The summed E-state index contributed by atoms with van der Waals surface area (Å²) < 4.78 is 22.5. The summed E-state index contributed by atoms with van der Waals surface area (Å²) in [5, 5.41) is 0.856. The van der Waals surface area contributed by atoms with E-state index in [9.17, 15) is 0 Å². The molecule has 0 aliphatic carbocycles. The molecule has 0 saturated carbocycles. The standard InChI is InChI=1S/C10H11Cl.3CO.Cr/c1-2-3-6-9-7-4-5-8-10(9)11;3*1-2;/h2,4-5,7-8H,1,3,6H2;;;;. The molecule has 0 radical (unpaired) electrons. The Morgan fingerprint density at radius 3 is 1.89 bits per heavy atom. The van der Waals surface area contributed by atoms with Crippen molar-refractivity contribution < 1.29 is 31.3 Å². The Morgan fingerprint density at radius 1 is 1.06 bits per heavy atom. The van der Waals surface area contributed by atoms with Crippen LogP contribution in [0, 0.1) is 20.0 Å². The third-order valence-electron chi connectivity index (χ3n) is 1.58. The maximum absolute atomic E-state index is 7.50. The molecule has 0 amide bonds. The van der Waals surface area contributed by atoms with Gasteiger partial charge in [-0.25, -0.2) is 0 Å². The predicted octanol–water partition coefficient (Wildman–Crippen LogP) is 3.34. The van der Waals surface area contributed by atoms with Crippen LogP contribution in [0.4, 0.5) is 0 Å². The maximum atomic E-state index is 7.50. The van der Waals surface area contributed by atoms with E-state index in [1.165, 1.54) is 5.56 Å². The normalized spacial score (nSPS) is 6.17. The maximum Gasteiger partial charge on any atom is 0 e. The zero-order chi connectivity index (χ0) is 14.1. The molecule has 0 aliphatic rings. The third-order valence-corrected chi connectivity index (χ3v) is 1.94. The Labute approximate surface area is 123 Å². The smallest absolute Gasteiger partial charge is 0 e. The first-order chi connectivity index (χ1) is 8.34. The first-order valence-corrected chi connectivity index (χ1v) is 4.68. The molecule has 5 heteroatoms. The van der Waals surface area contributed by atoms with E-state index >= 15 is 0 Å². The number of allylic oxidation sites excluding steroid dienone is 1. The summed E-state index contributed by atoms with van der Waals surface area (Å²) >= 11 is 5.93. The van der Waals surface area contributed by atoms with Gasteiger partial charge in [0.05, 0.1) is 0 Å². The molecule has 0 atom stereocenters.